The number of hydrogen-bond donors (Lipinski definition) is 0. The van der Waals surface area contributed by atoms with Crippen LogP contribution in [0.15, 0.2) is 66.0 Å². The third kappa shape index (κ3) is 6.51. The quantitative estimate of drug-likeness (QED) is 0.214. The normalized spacial score (nSPS) is 14.7. The van der Waals surface area contributed by atoms with Crippen molar-refractivity contribution in [3.8, 4) is 5.75 Å². The molecule has 10 heteroatoms. The van der Waals surface area contributed by atoms with E-state index in [9.17, 15) is 24.0 Å². The highest BCUT2D eigenvalue weighted by Crippen LogP contribution is 2.26. The number of anilines is 1. The number of ether oxygens (including phenoxy) is 3. The van der Waals surface area contributed by atoms with Gasteiger partial charge in [0.25, 0.3) is 0 Å². The van der Waals surface area contributed by atoms with E-state index in [2.05, 4.69) is 0 Å². The molecule has 1 aliphatic heterocycles. The predicted molar refractivity (Wildman–Crippen MR) is 138 cm³/mol. The molecule has 0 aliphatic carbocycles. The summed E-state index contributed by atoms with van der Waals surface area (Å²) in [5, 5.41) is 1.77. The molecule has 4 rings (SSSR count). The number of Topliss-reactive ketones (excluding diaryl/α,β-unsaturated/α-hetero) is 1. The molecule has 0 spiro atoms. The second kappa shape index (κ2) is 12.3. The molecule has 1 fully saturated rings. The van der Waals surface area contributed by atoms with Crippen molar-refractivity contribution in [3.05, 3.63) is 82.0 Å². The van der Waals surface area contributed by atoms with Crippen molar-refractivity contribution in [1.82, 2.24) is 0 Å². The summed E-state index contributed by atoms with van der Waals surface area (Å²) >= 11 is 1.26. The smallest absolute Gasteiger partial charge is 0.353 e. The average molecular weight is 536 g/mol. The Balaban J connectivity index is 1.27. The second-order valence-corrected chi connectivity index (χ2v) is 9.46. The summed E-state index contributed by atoms with van der Waals surface area (Å²) in [6.45, 7) is 1.86. The topological polar surface area (TPSA) is 116 Å². The first kappa shape index (κ1) is 26.7. The number of esters is 3. The summed E-state index contributed by atoms with van der Waals surface area (Å²) in [7, 11) is 0. The fourth-order valence-corrected chi connectivity index (χ4v) is 4.37. The SMILES string of the molecule is CCCOC(=O)c1ccc(N2C[C@@H](C(=O)OCC(=O)c3ccc(OC(=O)c4cccs4)cc3)CC2=O)cc1. The monoisotopic (exact) mass is 535 g/mol. The molecule has 0 bridgehead atoms. The van der Waals surface area contributed by atoms with Crippen LogP contribution in [-0.2, 0) is 19.1 Å². The summed E-state index contributed by atoms with van der Waals surface area (Å²) in [5.41, 5.74) is 1.21. The van der Waals surface area contributed by atoms with Crippen LogP contribution in [0.5, 0.6) is 5.75 Å². The molecular weight excluding hydrogens is 510 g/mol. The number of carbonyl (C=O) groups excluding carboxylic acids is 5. The highest BCUT2D eigenvalue weighted by atomic mass is 32.1. The van der Waals surface area contributed by atoms with Crippen molar-refractivity contribution in [1.29, 1.82) is 0 Å². The Morgan fingerprint density at radius 3 is 2.29 bits per heavy atom. The molecule has 0 radical (unpaired) electrons. The van der Waals surface area contributed by atoms with Gasteiger partial charge in [-0.25, -0.2) is 9.59 Å². The molecule has 1 amide bonds. The largest absolute Gasteiger partial charge is 0.462 e. The molecule has 1 aromatic heterocycles. The summed E-state index contributed by atoms with van der Waals surface area (Å²) in [6, 6.07) is 15.7. The molecule has 38 heavy (non-hydrogen) atoms. The standard InChI is InChI=1S/C28H25NO8S/c1-2-13-35-26(32)19-5-9-21(10-6-19)29-16-20(15-25(29)31)27(33)36-17-23(30)18-7-11-22(12-8-18)37-28(34)24-4-3-14-38-24/h3-12,14,20H,2,13,15-17H2,1H3/t20-/m0/s1. The first-order valence-electron chi connectivity index (χ1n) is 12.0. The molecular formula is C28H25NO8S. The van der Waals surface area contributed by atoms with Crippen LogP contribution in [-0.4, -0.2) is 49.4 Å². The van der Waals surface area contributed by atoms with Gasteiger partial charge in [-0.3, -0.25) is 14.4 Å². The fourth-order valence-electron chi connectivity index (χ4n) is 3.77. The number of nitrogens with zero attached hydrogens (tertiary/aromatic N) is 1. The molecule has 1 saturated heterocycles. The molecule has 2 aromatic carbocycles. The van der Waals surface area contributed by atoms with Gasteiger partial charge >= 0.3 is 17.9 Å². The highest BCUT2D eigenvalue weighted by molar-refractivity contribution is 7.12. The Morgan fingerprint density at radius 2 is 1.63 bits per heavy atom. The Morgan fingerprint density at radius 1 is 0.921 bits per heavy atom. The van der Waals surface area contributed by atoms with E-state index in [1.807, 2.05) is 6.92 Å². The Labute approximate surface area is 222 Å². The molecule has 0 saturated carbocycles. The molecule has 9 nitrogen and oxygen atoms in total. The minimum atomic E-state index is -0.719. The average Bonchev–Trinajstić information content (AvgIpc) is 3.61. The predicted octanol–water partition coefficient (Wildman–Crippen LogP) is 4.31. The van der Waals surface area contributed by atoms with Crippen LogP contribution in [0, 0.1) is 5.92 Å². The van der Waals surface area contributed by atoms with Crippen molar-refractivity contribution in [2.24, 2.45) is 5.92 Å². The summed E-state index contributed by atoms with van der Waals surface area (Å²) in [6.07, 6.45) is 0.673. The van der Waals surface area contributed by atoms with Gasteiger partial charge in [0.2, 0.25) is 5.91 Å². The zero-order valence-electron chi connectivity index (χ0n) is 20.6. The minimum absolute atomic E-state index is 0.0440. The lowest BCUT2D eigenvalue weighted by Gasteiger charge is -2.17. The van der Waals surface area contributed by atoms with Crippen LogP contribution in [0.2, 0.25) is 0 Å². The Hall–Kier alpha value is -4.31. The van der Waals surface area contributed by atoms with E-state index in [1.54, 1.807) is 41.8 Å². The van der Waals surface area contributed by atoms with E-state index in [-0.39, 0.29) is 30.2 Å². The van der Waals surface area contributed by atoms with Gasteiger partial charge in [0.1, 0.15) is 10.6 Å². The first-order chi connectivity index (χ1) is 18.4. The Kier molecular flexibility index (Phi) is 8.65. The van der Waals surface area contributed by atoms with Gasteiger partial charge in [0.05, 0.1) is 18.1 Å². The van der Waals surface area contributed by atoms with E-state index in [4.69, 9.17) is 14.2 Å². The zero-order chi connectivity index (χ0) is 27.1. The molecule has 1 atom stereocenters. The lowest BCUT2D eigenvalue weighted by molar-refractivity contribution is -0.147. The van der Waals surface area contributed by atoms with E-state index in [0.29, 0.717) is 22.7 Å². The second-order valence-electron chi connectivity index (χ2n) is 8.51. The molecule has 0 unspecified atom stereocenters. The maximum Gasteiger partial charge on any atom is 0.353 e. The lowest BCUT2D eigenvalue weighted by Crippen LogP contribution is -2.27. The van der Waals surface area contributed by atoms with Crippen LogP contribution < -0.4 is 9.64 Å². The van der Waals surface area contributed by atoms with Crippen molar-refractivity contribution in [3.63, 3.8) is 0 Å². The lowest BCUT2D eigenvalue weighted by atomic mass is 10.1. The van der Waals surface area contributed by atoms with E-state index in [0.717, 1.165) is 6.42 Å². The fraction of sp³-hybridized carbons (Fsp3) is 0.250. The maximum absolute atomic E-state index is 12.6. The van der Waals surface area contributed by atoms with Gasteiger partial charge in [-0.15, -0.1) is 11.3 Å². The van der Waals surface area contributed by atoms with Crippen molar-refractivity contribution < 1.29 is 38.2 Å². The van der Waals surface area contributed by atoms with Gasteiger partial charge in [-0.05, 0) is 66.4 Å². The van der Waals surface area contributed by atoms with Gasteiger partial charge in [0, 0.05) is 24.2 Å². The molecule has 196 valence electrons. The number of hydrogen-bond acceptors (Lipinski definition) is 9. The van der Waals surface area contributed by atoms with Crippen LogP contribution in [0.25, 0.3) is 0 Å². The van der Waals surface area contributed by atoms with Crippen LogP contribution in [0.4, 0.5) is 5.69 Å². The first-order valence-corrected chi connectivity index (χ1v) is 12.9. The number of carbonyl (C=O) groups is 5. The zero-order valence-corrected chi connectivity index (χ0v) is 21.4. The molecule has 2 heterocycles. The summed E-state index contributed by atoms with van der Waals surface area (Å²) in [4.78, 5) is 63.5. The molecule has 0 N–H and O–H groups in total. The van der Waals surface area contributed by atoms with Crippen LogP contribution in [0.3, 0.4) is 0 Å². The summed E-state index contributed by atoms with van der Waals surface area (Å²) in [5.74, 6) is -2.69. The van der Waals surface area contributed by atoms with Gasteiger partial charge in [-0.2, -0.15) is 0 Å². The van der Waals surface area contributed by atoms with Gasteiger partial charge < -0.3 is 19.1 Å². The maximum atomic E-state index is 12.6. The number of benzene rings is 2. The molecule has 3 aromatic rings. The van der Waals surface area contributed by atoms with Crippen molar-refractivity contribution in [2.75, 3.05) is 24.7 Å². The highest BCUT2D eigenvalue weighted by Gasteiger charge is 2.36. The van der Waals surface area contributed by atoms with Gasteiger partial charge in [-0.1, -0.05) is 13.0 Å². The van der Waals surface area contributed by atoms with Gasteiger partial charge in [0.15, 0.2) is 12.4 Å². The van der Waals surface area contributed by atoms with Crippen LogP contribution in [0.1, 0.15) is 50.2 Å². The number of amides is 1. The third-order valence-electron chi connectivity index (χ3n) is 5.77. The third-order valence-corrected chi connectivity index (χ3v) is 6.61. The van der Waals surface area contributed by atoms with E-state index >= 15 is 0 Å². The van der Waals surface area contributed by atoms with Crippen molar-refractivity contribution in [2.45, 2.75) is 19.8 Å². The van der Waals surface area contributed by atoms with Crippen molar-refractivity contribution >= 4 is 46.6 Å². The number of thiophene rings is 1. The summed E-state index contributed by atoms with van der Waals surface area (Å²) < 4.78 is 15.6. The van der Waals surface area contributed by atoms with Crippen LogP contribution >= 0.6 is 11.3 Å². The van der Waals surface area contributed by atoms with E-state index < -0.39 is 36.2 Å². The minimum Gasteiger partial charge on any atom is -0.462 e. The Bertz CT molecular complexity index is 1320. The number of rotatable bonds is 10. The molecule has 1 aliphatic rings. The van der Waals surface area contributed by atoms with E-state index in [1.165, 1.54) is 40.5 Å². The number of ketones is 1.